The number of ether oxygens (including phenoxy) is 1. The molecule has 150 valence electrons. The molecule has 1 fully saturated rings. The molecule has 3 heterocycles. The second-order valence-electron chi connectivity index (χ2n) is 7.16. The summed E-state index contributed by atoms with van der Waals surface area (Å²) in [5.41, 5.74) is 3.15. The number of hydrogen-bond donors (Lipinski definition) is 0. The van der Waals surface area contributed by atoms with Crippen LogP contribution in [0.3, 0.4) is 0 Å². The quantitative estimate of drug-likeness (QED) is 0.501. The molecule has 3 aromatic heterocycles. The predicted octanol–water partition coefficient (Wildman–Crippen LogP) is 3.73. The molecule has 0 bridgehead atoms. The number of rotatable bonds is 5. The van der Waals surface area contributed by atoms with Crippen molar-refractivity contribution in [2.24, 2.45) is 0 Å². The topological polar surface area (TPSA) is 97.0 Å². The van der Waals surface area contributed by atoms with Crippen LogP contribution in [0.2, 0.25) is 0 Å². The van der Waals surface area contributed by atoms with E-state index >= 15 is 0 Å². The average Bonchev–Trinajstić information content (AvgIpc) is 3.17. The molecule has 0 saturated heterocycles. The largest absolute Gasteiger partial charge is 0.856 e. The number of aromatic nitrogens is 4. The molecule has 0 unspecified atom stereocenters. The fraction of sp³-hybridized carbons (Fsp3) is 0.182. The number of nitrogens with zero attached hydrogens (tertiary/aromatic N) is 4. The van der Waals surface area contributed by atoms with Gasteiger partial charge in [-0.3, -0.25) is 4.98 Å². The van der Waals surface area contributed by atoms with E-state index in [-0.39, 0.29) is 17.7 Å². The lowest BCUT2D eigenvalue weighted by Gasteiger charge is -2.35. The third kappa shape index (κ3) is 3.71. The minimum absolute atomic E-state index is 0.0678. The van der Waals surface area contributed by atoms with Gasteiger partial charge in [-0.15, -0.1) is 0 Å². The van der Waals surface area contributed by atoms with Gasteiger partial charge in [0.1, 0.15) is 17.6 Å². The van der Waals surface area contributed by atoms with Gasteiger partial charge in [0.25, 0.3) is 0 Å². The van der Waals surface area contributed by atoms with Crippen LogP contribution in [0.25, 0.3) is 22.7 Å². The Morgan fingerprint density at radius 3 is 2.47 bits per heavy atom. The number of hydrogen-bond acceptors (Lipinski definition) is 7. The lowest BCUT2D eigenvalue weighted by Crippen LogP contribution is -2.32. The van der Waals surface area contributed by atoms with Gasteiger partial charge in [0.15, 0.2) is 5.76 Å². The standard InChI is InChI=1S/C22H17FN4O3/c23-16-5-6-24-18(9-16)14-3-1-13(2-4-14)15-7-17(8-15)29-22-12-25-19(11-26-22)20-10-21(28)27-30-20/h1-6,9-12,15,17H,7-8H2,(H,27,28)/p-1. The SMILES string of the molecule is [O-]c1cc(-c2cnc(OC3CC(c4ccc(-c5cc(F)ccn5)cc4)C3)cn2)on1. The summed E-state index contributed by atoms with van der Waals surface area (Å²) in [7, 11) is 0. The Morgan fingerprint density at radius 1 is 0.967 bits per heavy atom. The zero-order valence-corrected chi connectivity index (χ0v) is 15.7. The van der Waals surface area contributed by atoms with E-state index in [4.69, 9.17) is 9.26 Å². The number of pyridine rings is 1. The van der Waals surface area contributed by atoms with Gasteiger partial charge in [-0.05, 0) is 30.4 Å². The van der Waals surface area contributed by atoms with Gasteiger partial charge < -0.3 is 14.4 Å². The molecule has 1 aliphatic rings. The van der Waals surface area contributed by atoms with Crippen LogP contribution in [0, 0.1) is 5.82 Å². The maximum Gasteiger partial charge on any atom is 0.232 e. The smallest absolute Gasteiger partial charge is 0.232 e. The first-order chi connectivity index (χ1) is 14.6. The molecule has 1 aliphatic carbocycles. The first kappa shape index (κ1) is 18.2. The summed E-state index contributed by atoms with van der Waals surface area (Å²) in [5.74, 6) is 0.362. The van der Waals surface area contributed by atoms with E-state index in [9.17, 15) is 9.50 Å². The first-order valence-electron chi connectivity index (χ1n) is 9.49. The second kappa shape index (κ2) is 7.55. The van der Waals surface area contributed by atoms with Gasteiger partial charge in [-0.25, -0.2) is 14.4 Å². The molecular weight excluding hydrogens is 387 g/mol. The Labute approximate surface area is 171 Å². The number of halogens is 1. The zero-order valence-electron chi connectivity index (χ0n) is 15.7. The summed E-state index contributed by atoms with van der Waals surface area (Å²) in [6, 6.07) is 12.1. The summed E-state index contributed by atoms with van der Waals surface area (Å²) in [6.45, 7) is 0. The molecule has 0 radical (unpaired) electrons. The molecule has 5 rings (SSSR count). The summed E-state index contributed by atoms with van der Waals surface area (Å²) in [6.07, 6.45) is 6.29. The van der Waals surface area contributed by atoms with Crippen LogP contribution < -0.4 is 9.84 Å². The Hall–Kier alpha value is -3.81. The molecule has 0 amide bonds. The highest BCUT2D eigenvalue weighted by molar-refractivity contribution is 5.59. The molecule has 30 heavy (non-hydrogen) atoms. The van der Waals surface area contributed by atoms with Crippen molar-refractivity contribution in [3.63, 3.8) is 0 Å². The Balaban J connectivity index is 1.17. The Kier molecular flexibility index (Phi) is 4.59. The van der Waals surface area contributed by atoms with Crippen molar-refractivity contribution in [2.45, 2.75) is 24.9 Å². The second-order valence-corrected chi connectivity index (χ2v) is 7.16. The Morgan fingerprint density at radius 2 is 1.80 bits per heavy atom. The third-order valence-corrected chi connectivity index (χ3v) is 5.15. The molecule has 4 aromatic rings. The van der Waals surface area contributed by atoms with Gasteiger partial charge in [0.2, 0.25) is 5.88 Å². The van der Waals surface area contributed by atoms with Gasteiger partial charge in [-0.1, -0.05) is 29.4 Å². The molecular formula is C22H16FN4O3-. The molecule has 8 heteroatoms. The van der Waals surface area contributed by atoms with E-state index < -0.39 is 5.88 Å². The summed E-state index contributed by atoms with van der Waals surface area (Å²) in [4.78, 5) is 12.6. The van der Waals surface area contributed by atoms with E-state index in [0.29, 0.717) is 23.2 Å². The van der Waals surface area contributed by atoms with Crippen LogP contribution in [-0.4, -0.2) is 26.2 Å². The van der Waals surface area contributed by atoms with E-state index in [1.807, 2.05) is 12.1 Å². The van der Waals surface area contributed by atoms with Crippen LogP contribution in [0.1, 0.15) is 24.3 Å². The van der Waals surface area contributed by atoms with Crippen molar-refractivity contribution < 1.29 is 18.8 Å². The van der Waals surface area contributed by atoms with E-state index in [0.717, 1.165) is 18.4 Å². The van der Waals surface area contributed by atoms with Crippen molar-refractivity contribution in [3.8, 4) is 34.5 Å². The fourth-order valence-electron chi connectivity index (χ4n) is 3.48. The lowest BCUT2D eigenvalue weighted by molar-refractivity contribution is -0.277. The molecule has 0 spiro atoms. The predicted molar refractivity (Wildman–Crippen MR) is 103 cm³/mol. The van der Waals surface area contributed by atoms with Crippen LogP contribution in [0.5, 0.6) is 11.8 Å². The van der Waals surface area contributed by atoms with Crippen molar-refractivity contribution in [2.75, 3.05) is 0 Å². The van der Waals surface area contributed by atoms with Gasteiger partial charge in [0, 0.05) is 29.8 Å². The normalized spacial score (nSPS) is 18.0. The molecule has 0 atom stereocenters. The van der Waals surface area contributed by atoms with Crippen LogP contribution >= 0.6 is 0 Å². The van der Waals surface area contributed by atoms with E-state index in [1.54, 1.807) is 0 Å². The minimum Gasteiger partial charge on any atom is -0.856 e. The highest BCUT2D eigenvalue weighted by Gasteiger charge is 2.32. The van der Waals surface area contributed by atoms with E-state index in [2.05, 4.69) is 32.2 Å². The summed E-state index contributed by atoms with van der Waals surface area (Å²) < 4.78 is 24.1. The molecule has 0 N–H and O–H groups in total. The molecule has 1 aromatic carbocycles. The van der Waals surface area contributed by atoms with Crippen LogP contribution in [0.4, 0.5) is 4.39 Å². The molecule has 0 aliphatic heterocycles. The van der Waals surface area contributed by atoms with Gasteiger partial charge in [-0.2, -0.15) is 0 Å². The lowest BCUT2D eigenvalue weighted by atomic mass is 9.77. The average molecular weight is 403 g/mol. The van der Waals surface area contributed by atoms with Gasteiger partial charge >= 0.3 is 0 Å². The maximum atomic E-state index is 13.4. The zero-order chi connectivity index (χ0) is 20.5. The maximum absolute atomic E-state index is 13.4. The first-order valence-corrected chi connectivity index (χ1v) is 9.49. The highest BCUT2D eigenvalue weighted by atomic mass is 19.1. The van der Waals surface area contributed by atoms with Crippen LogP contribution in [0.15, 0.2) is 65.6 Å². The third-order valence-electron chi connectivity index (χ3n) is 5.15. The van der Waals surface area contributed by atoms with Crippen molar-refractivity contribution >= 4 is 0 Å². The van der Waals surface area contributed by atoms with Crippen LogP contribution in [-0.2, 0) is 0 Å². The van der Waals surface area contributed by atoms with Crippen molar-refractivity contribution in [1.82, 2.24) is 20.1 Å². The summed E-state index contributed by atoms with van der Waals surface area (Å²) in [5, 5.41) is 14.4. The monoisotopic (exact) mass is 403 g/mol. The molecule has 1 saturated carbocycles. The fourth-order valence-corrected chi connectivity index (χ4v) is 3.48. The minimum atomic E-state index is -0.451. The van der Waals surface area contributed by atoms with E-state index in [1.165, 1.54) is 42.4 Å². The highest BCUT2D eigenvalue weighted by Crippen LogP contribution is 2.39. The molecule has 7 nitrogen and oxygen atoms in total. The van der Waals surface area contributed by atoms with Crippen molar-refractivity contribution in [3.05, 3.63) is 72.4 Å². The number of benzene rings is 1. The van der Waals surface area contributed by atoms with Gasteiger partial charge in [0.05, 0.1) is 18.1 Å². The Bertz CT molecular complexity index is 1160. The summed E-state index contributed by atoms with van der Waals surface area (Å²) >= 11 is 0. The van der Waals surface area contributed by atoms with Crippen molar-refractivity contribution in [1.29, 1.82) is 0 Å².